The molecule has 0 unspecified atom stereocenters. The van der Waals surface area contributed by atoms with Crippen molar-refractivity contribution in [3.8, 4) is 17.0 Å². The van der Waals surface area contributed by atoms with Crippen LogP contribution in [0.15, 0.2) is 53.3 Å². The molecule has 7 nitrogen and oxygen atoms in total. The number of aromatic nitrogens is 2. The summed E-state index contributed by atoms with van der Waals surface area (Å²) in [5.41, 5.74) is 0.489. The summed E-state index contributed by atoms with van der Waals surface area (Å²) in [5.74, 6) is 0.769. The predicted octanol–water partition coefficient (Wildman–Crippen LogP) is 2.32. The number of carbonyl (C=O) groups is 1. The minimum atomic E-state index is -1.30. The van der Waals surface area contributed by atoms with Crippen LogP contribution in [0.4, 0.5) is 0 Å². The van der Waals surface area contributed by atoms with Crippen LogP contribution >= 0.6 is 0 Å². The van der Waals surface area contributed by atoms with Gasteiger partial charge in [0.2, 0.25) is 0 Å². The number of ether oxygens (including phenoxy) is 1. The van der Waals surface area contributed by atoms with Crippen LogP contribution in [0.5, 0.6) is 5.75 Å². The summed E-state index contributed by atoms with van der Waals surface area (Å²) in [6.45, 7) is 1.58. The minimum Gasteiger partial charge on any atom is -0.497 e. The number of aliphatic hydroxyl groups is 1. The molecule has 0 bridgehead atoms. The Hall–Kier alpha value is -3.06. The highest BCUT2D eigenvalue weighted by atomic mass is 16.5. The monoisotopic (exact) mass is 341 g/mol. The van der Waals surface area contributed by atoms with Gasteiger partial charge in [-0.2, -0.15) is 5.10 Å². The molecule has 0 fully saturated rings. The molecule has 0 saturated heterocycles. The lowest BCUT2D eigenvalue weighted by molar-refractivity contribution is 0.0330. The minimum absolute atomic E-state index is 0.00653. The number of amides is 1. The van der Waals surface area contributed by atoms with Crippen LogP contribution in [0.1, 0.15) is 23.0 Å². The fourth-order valence-corrected chi connectivity index (χ4v) is 2.46. The Morgan fingerprint density at radius 1 is 1.36 bits per heavy atom. The first-order chi connectivity index (χ1) is 12.0. The quantitative estimate of drug-likeness (QED) is 0.639. The Balaban J connectivity index is 1.74. The molecular weight excluding hydrogens is 322 g/mol. The molecule has 1 amide bonds. The number of nitrogens with one attached hydrogen (secondary N) is 2. The number of rotatable bonds is 6. The van der Waals surface area contributed by atoms with E-state index in [1.165, 1.54) is 12.5 Å². The topological polar surface area (TPSA) is 100 Å². The summed E-state index contributed by atoms with van der Waals surface area (Å²) < 4.78 is 10.3. The van der Waals surface area contributed by atoms with Gasteiger partial charge in [-0.25, -0.2) is 0 Å². The van der Waals surface area contributed by atoms with Crippen LogP contribution < -0.4 is 10.1 Å². The van der Waals surface area contributed by atoms with Crippen molar-refractivity contribution in [2.75, 3.05) is 13.7 Å². The maximum atomic E-state index is 12.5. The molecule has 3 aromatic rings. The van der Waals surface area contributed by atoms with E-state index in [0.29, 0.717) is 17.0 Å². The molecule has 0 aliphatic heterocycles. The highest BCUT2D eigenvalue weighted by Crippen LogP contribution is 2.24. The third-order valence-electron chi connectivity index (χ3n) is 3.91. The van der Waals surface area contributed by atoms with Gasteiger partial charge in [-0.05, 0) is 43.3 Å². The molecule has 7 heteroatoms. The molecule has 1 atom stereocenters. The van der Waals surface area contributed by atoms with Gasteiger partial charge >= 0.3 is 0 Å². The number of benzene rings is 1. The Morgan fingerprint density at radius 2 is 2.12 bits per heavy atom. The van der Waals surface area contributed by atoms with E-state index in [4.69, 9.17) is 9.15 Å². The van der Waals surface area contributed by atoms with Crippen LogP contribution in [0.25, 0.3) is 11.3 Å². The highest BCUT2D eigenvalue weighted by Gasteiger charge is 2.27. The molecule has 1 aromatic carbocycles. The summed E-state index contributed by atoms with van der Waals surface area (Å²) in [6.07, 6.45) is 2.93. The largest absolute Gasteiger partial charge is 0.497 e. The maximum absolute atomic E-state index is 12.5. The SMILES string of the molecule is COc1ccc(-c2[nH]ncc2C(=O)NC[C@](C)(O)c2ccco2)cc1. The van der Waals surface area contributed by atoms with Crippen molar-refractivity contribution < 1.29 is 19.1 Å². The number of nitrogens with zero attached hydrogens (tertiary/aromatic N) is 1. The number of methoxy groups -OCH3 is 1. The summed E-state index contributed by atoms with van der Waals surface area (Å²) >= 11 is 0. The van der Waals surface area contributed by atoms with Gasteiger partial charge < -0.3 is 19.6 Å². The number of H-pyrrole nitrogens is 1. The van der Waals surface area contributed by atoms with Crippen molar-refractivity contribution >= 4 is 5.91 Å². The second-order valence-electron chi connectivity index (χ2n) is 5.82. The lowest BCUT2D eigenvalue weighted by atomic mass is 10.0. The van der Waals surface area contributed by atoms with E-state index >= 15 is 0 Å². The summed E-state index contributed by atoms with van der Waals surface area (Å²) in [4.78, 5) is 12.5. The van der Waals surface area contributed by atoms with E-state index in [2.05, 4.69) is 15.5 Å². The molecule has 0 aliphatic rings. The number of furan rings is 1. The molecule has 3 N–H and O–H groups in total. The Labute approximate surface area is 144 Å². The Bertz CT molecular complexity index is 836. The molecule has 0 saturated carbocycles. The van der Waals surface area contributed by atoms with Gasteiger partial charge in [-0.1, -0.05) is 0 Å². The second-order valence-corrected chi connectivity index (χ2v) is 5.82. The first-order valence-corrected chi connectivity index (χ1v) is 7.73. The van der Waals surface area contributed by atoms with Gasteiger partial charge in [0.05, 0.1) is 37.4 Å². The van der Waals surface area contributed by atoms with Gasteiger partial charge in [0.15, 0.2) is 0 Å². The third kappa shape index (κ3) is 3.56. The standard InChI is InChI=1S/C18H19N3O4/c1-18(23,15-4-3-9-25-15)11-19-17(22)14-10-20-21-16(14)12-5-7-13(24-2)8-6-12/h3-10,23H,11H2,1-2H3,(H,19,22)(H,20,21)/t18-/m0/s1. The summed E-state index contributed by atoms with van der Waals surface area (Å²) in [5, 5.41) is 19.9. The molecule has 0 spiro atoms. The zero-order valence-corrected chi connectivity index (χ0v) is 13.9. The lowest BCUT2D eigenvalue weighted by Gasteiger charge is -2.21. The molecule has 25 heavy (non-hydrogen) atoms. The van der Waals surface area contributed by atoms with Crippen LogP contribution in [0, 0.1) is 0 Å². The number of hydrogen-bond acceptors (Lipinski definition) is 5. The van der Waals surface area contributed by atoms with E-state index in [-0.39, 0.29) is 12.5 Å². The second kappa shape index (κ2) is 6.82. The van der Waals surface area contributed by atoms with E-state index < -0.39 is 5.60 Å². The van der Waals surface area contributed by atoms with Gasteiger partial charge in [-0.15, -0.1) is 0 Å². The van der Waals surface area contributed by atoms with E-state index in [0.717, 1.165) is 11.3 Å². The van der Waals surface area contributed by atoms with Crippen molar-refractivity contribution in [1.29, 1.82) is 0 Å². The van der Waals surface area contributed by atoms with E-state index in [1.807, 2.05) is 12.1 Å². The normalized spacial score (nSPS) is 13.2. The maximum Gasteiger partial charge on any atom is 0.255 e. The molecule has 130 valence electrons. The van der Waals surface area contributed by atoms with Crippen LogP contribution in [-0.4, -0.2) is 34.9 Å². The first-order valence-electron chi connectivity index (χ1n) is 7.73. The predicted molar refractivity (Wildman–Crippen MR) is 91.2 cm³/mol. The lowest BCUT2D eigenvalue weighted by Crippen LogP contribution is -2.38. The summed E-state index contributed by atoms with van der Waals surface area (Å²) in [7, 11) is 1.59. The Morgan fingerprint density at radius 3 is 2.76 bits per heavy atom. The van der Waals surface area contributed by atoms with Gasteiger partial charge in [-0.3, -0.25) is 9.89 Å². The number of aromatic amines is 1. The zero-order valence-electron chi connectivity index (χ0n) is 13.9. The van der Waals surface area contributed by atoms with Crippen LogP contribution in [0.2, 0.25) is 0 Å². The molecule has 0 aliphatic carbocycles. The summed E-state index contributed by atoms with van der Waals surface area (Å²) in [6, 6.07) is 10.6. The molecule has 3 rings (SSSR count). The number of hydrogen-bond donors (Lipinski definition) is 3. The third-order valence-corrected chi connectivity index (χ3v) is 3.91. The van der Waals surface area contributed by atoms with Crippen molar-refractivity contribution in [1.82, 2.24) is 15.5 Å². The van der Waals surface area contributed by atoms with Gasteiger partial charge in [0.1, 0.15) is 17.1 Å². The Kier molecular flexibility index (Phi) is 4.58. The molecule has 2 aromatic heterocycles. The highest BCUT2D eigenvalue weighted by molar-refractivity contribution is 5.99. The van der Waals surface area contributed by atoms with Crippen molar-refractivity contribution in [2.24, 2.45) is 0 Å². The fourth-order valence-electron chi connectivity index (χ4n) is 2.46. The first kappa shape index (κ1) is 16.8. The molecular formula is C18H19N3O4. The van der Waals surface area contributed by atoms with Gasteiger partial charge in [0, 0.05) is 5.56 Å². The average molecular weight is 341 g/mol. The van der Waals surface area contributed by atoms with Crippen LogP contribution in [-0.2, 0) is 5.60 Å². The molecule has 0 radical (unpaired) electrons. The van der Waals surface area contributed by atoms with Crippen molar-refractivity contribution in [2.45, 2.75) is 12.5 Å². The van der Waals surface area contributed by atoms with Crippen molar-refractivity contribution in [3.05, 3.63) is 60.2 Å². The van der Waals surface area contributed by atoms with E-state index in [1.54, 1.807) is 38.3 Å². The molecule has 2 heterocycles. The fraction of sp³-hybridized carbons (Fsp3) is 0.222. The zero-order chi connectivity index (χ0) is 17.9. The average Bonchev–Trinajstić information content (AvgIpc) is 3.31. The van der Waals surface area contributed by atoms with E-state index in [9.17, 15) is 9.90 Å². The van der Waals surface area contributed by atoms with Crippen LogP contribution in [0.3, 0.4) is 0 Å². The van der Waals surface area contributed by atoms with Crippen molar-refractivity contribution in [3.63, 3.8) is 0 Å². The van der Waals surface area contributed by atoms with Gasteiger partial charge in [0.25, 0.3) is 5.91 Å². The smallest absolute Gasteiger partial charge is 0.255 e. The number of carbonyl (C=O) groups excluding carboxylic acids is 1.